The molecule has 0 atom stereocenters. The van der Waals surface area contributed by atoms with Crippen molar-refractivity contribution in [2.75, 3.05) is 26.2 Å². The Bertz CT molecular complexity index is 52.1. The largest absolute Gasteiger partial charge is 4.00 e. The maximum absolute atomic E-state index is 2.27. The van der Waals surface area contributed by atoms with Crippen LogP contribution in [0.4, 0.5) is 0 Å². The monoisotopic (exact) mass is 228 g/mol. The topological polar surface area (TPSA) is 0 Å². The van der Waals surface area contributed by atoms with Crippen molar-refractivity contribution in [1.29, 1.82) is 0 Å². The predicted molar refractivity (Wildman–Crippen MR) is 42.4 cm³/mol. The molecule has 0 radical (unpaired) electrons. The van der Waals surface area contributed by atoms with Gasteiger partial charge in [-0.05, 0) is 27.7 Å². The summed E-state index contributed by atoms with van der Waals surface area (Å²) in [6, 6.07) is 0. The number of hydrogen-bond donors (Lipinski definition) is 0. The molecule has 2 heteroatoms. The number of quaternary nitrogens is 1. The summed E-state index contributed by atoms with van der Waals surface area (Å²) in [5.74, 6) is 0. The summed E-state index contributed by atoms with van der Waals surface area (Å²) in [5, 5.41) is 0. The molecule has 0 aliphatic carbocycles. The third-order valence-corrected chi connectivity index (χ3v) is 2.68. The van der Waals surface area contributed by atoms with Gasteiger partial charge in [-0.1, -0.05) is 0 Å². The SMILES string of the molecule is CC[N+](CC)(CC)CC.[Mo+4]. The van der Waals surface area contributed by atoms with E-state index in [4.69, 9.17) is 0 Å². The van der Waals surface area contributed by atoms with E-state index in [-0.39, 0.29) is 21.1 Å². The smallest absolute Gasteiger partial charge is 0.325 e. The maximum Gasteiger partial charge on any atom is 4.00 e. The minimum Gasteiger partial charge on any atom is -0.325 e. The third-order valence-electron chi connectivity index (χ3n) is 2.68. The summed E-state index contributed by atoms with van der Waals surface area (Å²) in [7, 11) is 0. The Morgan fingerprint density at radius 1 is 0.700 bits per heavy atom. The van der Waals surface area contributed by atoms with E-state index in [1.807, 2.05) is 0 Å². The van der Waals surface area contributed by atoms with Crippen molar-refractivity contribution >= 4 is 0 Å². The van der Waals surface area contributed by atoms with E-state index in [1.165, 1.54) is 30.7 Å². The van der Waals surface area contributed by atoms with E-state index in [9.17, 15) is 0 Å². The van der Waals surface area contributed by atoms with Crippen LogP contribution in [0.15, 0.2) is 0 Å². The zero-order valence-electron chi connectivity index (χ0n) is 7.68. The third kappa shape index (κ3) is 3.16. The fourth-order valence-corrected chi connectivity index (χ4v) is 1.34. The van der Waals surface area contributed by atoms with Crippen molar-refractivity contribution in [2.45, 2.75) is 27.7 Å². The Balaban J connectivity index is 0. The van der Waals surface area contributed by atoms with Gasteiger partial charge >= 0.3 is 21.1 Å². The van der Waals surface area contributed by atoms with E-state index < -0.39 is 0 Å². The average molecular weight is 226 g/mol. The normalized spacial score (nSPS) is 10.8. The molecule has 0 amide bonds. The Morgan fingerprint density at radius 2 is 0.900 bits per heavy atom. The van der Waals surface area contributed by atoms with Gasteiger partial charge in [0.15, 0.2) is 0 Å². The van der Waals surface area contributed by atoms with E-state index in [0.29, 0.717) is 0 Å². The summed E-state index contributed by atoms with van der Waals surface area (Å²) >= 11 is 0. The Morgan fingerprint density at radius 3 is 0.900 bits per heavy atom. The summed E-state index contributed by atoms with van der Waals surface area (Å²) < 4.78 is 1.28. The summed E-state index contributed by atoms with van der Waals surface area (Å²) in [4.78, 5) is 0. The number of rotatable bonds is 4. The Labute approximate surface area is 79.7 Å². The standard InChI is InChI=1S/C8H20N.Mo/c1-5-9(6-2,7-3)8-4;/h5-8H2,1-4H3;/q+1;+4. The van der Waals surface area contributed by atoms with Crippen LogP contribution >= 0.6 is 0 Å². The van der Waals surface area contributed by atoms with Crippen molar-refractivity contribution in [2.24, 2.45) is 0 Å². The first-order valence-electron chi connectivity index (χ1n) is 4.09. The van der Waals surface area contributed by atoms with Gasteiger partial charge in [0.1, 0.15) is 0 Å². The second-order valence-corrected chi connectivity index (χ2v) is 2.61. The van der Waals surface area contributed by atoms with Crippen LogP contribution in [-0.4, -0.2) is 30.7 Å². The second-order valence-electron chi connectivity index (χ2n) is 2.61. The Hall–Kier alpha value is 0.648. The molecule has 1 nitrogen and oxygen atoms in total. The summed E-state index contributed by atoms with van der Waals surface area (Å²) in [5.41, 5.74) is 0. The van der Waals surface area contributed by atoms with Gasteiger partial charge in [-0.3, -0.25) is 0 Å². The predicted octanol–water partition coefficient (Wildman–Crippen LogP) is 1.88. The molecule has 0 aromatic heterocycles. The van der Waals surface area contributed by atoms with Crippen molar-refractivity contribution in [1.82, 2.24) is 0 Å². The van der Waals surface area contributed by atoms with Crippen molar-refractivity contribution < 1.29 is 25.5 Å². The minimum atomic E-state index is 0. The molecule has 0 fully saturated rings. The fraction of sp³-hybridized carbons (Fsp3) is 1.00. The first kappa shape index (κ1) is 13.3. The van der Waals surface area contributed by atoms with Gasteiger partial charge in [-0.2, -0.15) is 0 Å². The Kier molecular flexibility index (Phi) is 8.43. The van der Waals surface area contributed by atoms with Crippen LogP contribution in [0.5, 0.6) is 0 Å². The number of hydrogen-bond acceptors (Lipinski definition) is 0. The van der Waals surface area contributed by atoms with Gasteiger partial charge in [0.25, 0.3) is 0 Å². The van der Waals surface area contributed by atoms with E-state index in [0.717, 1.165) is 0 Å². The molecular weight excluding hydrogens is 206 g/mol. The quantitative estimate of drug-likeness (QED) is 0.507. The molecule has 0 aromatic rings. The van der Waals surface area contributed by atoms with Gasteiger partial charge in [0, 0.05) is 0 Å². The van der Waals surface area contributed by atoms with Gasteiger partial charge in [0.05, 0.1) is 26.2 Å². The van der Waals surface area contributed by atoms with Crippen LogP contribution in [-0.2, 0) is 21.1 Å². The number of nitrogens with zero attached hydrogens (tertiary/aromatic N) is 1. The molecule has 0 aromatic carbocycles. The van der Waals surface area contributed by atoms with Crippen LogP contribution in [0.3, 0.4) is 0 Å². The first-order chi connectivity index (χ1) is 4.24. The van der Waals surface area contributed by atoms with Crippen molar-refractivity contribution in [3.05, 3.63) is 0 Å². The summed E-state index contributed by atoms with van der Waals surface area (Å²) in [6.45, 7) is 14.2. The molecule has 0 unspecified atom stereocenters. The molecular formula is C8H20MoN+5. The molecule has 10 heavy (non-hydrogen) atoms. The van der Waals surface area contributed by atoms with Crippen molar-refractivity contribution in [3.63, 3.8) is 0 Å². The second kappa shape index (κ2) is 6.36. The molecule has 0 aliphatic heterocycles. The van der Waals surface area contributed by atoms with E-state index in [1.54, 1.807) is 0 Å². The molecule has 0 heterocycles. The fourth-order valence-electron chi connectivity index (χ4n) is 1.34. The first-order valence-corrected chi connectivity index (χ1v) is 4.09. The zero-order chi connectivity index (χ0) is 7.33. The van der Waals surface area contributed by atoms with Crippen LogP contribution in [0.2, 0.25) is 0 Å². The van der Waals surface area contributed by atoms with Crippen molar-refractivity contribution in [3.8, 4) is 0 Å². The van der Waals surface area contributed by atoms with Crippen LogP contribution in [0.1, 0.15) is 27.7 Å². The van der Waals surface area contributed by atoms with Gasteiger partial charge in [-0.25, -0.2) is 0 Å². The van der Waals surface area contributed by atoms with Gasteiger partial charge in [-0.15, -0.1) is 0 Å². The molecule has 0 saturated heterocycles. The molecule has 0 aliphatic rings. The zero-order valence-corrected chi connectivity index (χ0v) is 9.69. The molecule has 0 saturated carbocycles. The van der Waals surface area contributed by atoms with Gasteiger partial charge < -0.3 is 4.48 Å². The van der Waals surface area contributed by atoms with Crippen LogP contribution in [0, 0.1) is 0 Å². The molecule has 0 rings (SSSR count). The summed E-state index contributed by atoms with van der Waals surface area (Å²) in [6.07, 6.45) is 0. The van der Waals surface area contributed by atoms with E-state index >= 15 is 0 Å². The van der Waals surface area contributed by atoms with E-state index in [2.05, 4.69) is 27.7 Å². The minimum absolute atomic E-state index is 0. The maximum atomic E-state index is 2.27. The molecule has 58 valence electrons. The van der Waals surface area contributed by atoms with Crippen LogP contribution < -0.4 is 0 Å². The molecule has 0 spiro atoms. The average Bonchev–Trinajstić information content (AvgIpc) is 1.95. The molecule has 0 bridgehead atoms. The van der Waals surface area contributed by atoms with Gasteiger partial charge in [0.2, 0.25) is 0 Å². The van der Waals surface area contributed by atoms with Crippen LogP contribution in [0.25, 0.3) is 0 Å². The molecule has 0 N–H and O–H groups in total.